The molecule has 0 aromatic heterocycles. The molecule has 3 heteroatoms. The molecule has 0 unspecified atom stereocenters. The number of allylic oxidation sites excluding steroid dienone is 4. The Hall–Kier alpha value is -0.596. The predicted molar refractivity (Wildman–Crippen MR) is 57.5 cm³/mol. The van der Waals surface area contributed by atoms with E-state index in [1.165, 1.54) is 0 Å². The quantitative estimate of drug-likeness (QED) is 0.477. The summed E-state index contributed by atoms with van der Waals surface area (Å²) >= 11 is 0. The molecule has 1 aliphatic heterocycles. The summed E-state index contributed by atoms with van der Waals surface area (Å²) in [7, 11) is 0. The smallest absolute Gasteiger partial charge is 0.538 e. The predicted octanol–water partition coefficient (Wildman–Crippen LogP) is 2.73. The van der Waals surface area contributed by atoms with Crippen LogP contribution in [0.2, 0.25) is 0 Å². The Morgan fingerprint density at radius 1 is 1.67 bits per heavy atom. The van der Waals surface area contributed by atoms with Crippen LogP contribution in [0.5, 0.6) is 0 Å². The van der Waals surface area contributed by atoms with E-state index in [9.17, 15) is 5.11 Å². The monoisotopic (exact) mass is 275 g/mol. The number of aliphatic hydroxyl groups excluding tert-OH is 1. The van der Waals surface area contributed by atoms with Crippen molar-refractivity contribution in [2.24, 2.45) is 4.99 Å². The first kappa shape index (κ1) is 14.4. The Balaban J connectivity index is 0.00000196. The molecule has 0 radical (unpaired) electrons. The first-order valence-corrected chi connectivity index (χ1v) is 4.23. The third-order valence-electron chi connectivity index (χ3n) is 1.75. The van der Waals surface area contributed by atoms with E-state index >= 15 is 0 Å². The number of aliphatic imine (C=N–C) groups is 1. The molecule has 0 spiro atoms. The van der Waals surface area contributed by atoms with Crippen molar-refractivity contribution in [2.45, 2.75) is 12.8 Å². The molecule has 0 fully saturated rings. The van der Waals surface area contributed by atoms with E-state index < -0.39 is 0 Å². The van der Waals surface area contributed by atoms with Gasteiger partial charge in [0.1, 0.15) is 0 Å². The second-order valence-electron chi connectivity index (χ2n) is 2.97. The Kier molecular flexibility index (Phi) is 6.54. The Morgan fingerprint density at radius 2 is 2.33 bits per heavy atom. The molecule has 74 valence electrons. The normalized spacial score (nSPS) is 15.1. The van der Waals surface area contributed by atoms with Crippen LogP contribution in [-0.2, 0) is 32.7 Å². The number of aliphatic hydroxyl groups is 1. The standard InChI is InChI=1S/C12H12NO.Y/c1-4-5-9(2)8-11(14)12-10(3)6-7-13-12;/h7,14H,1-3,5-6H2;/q-3;+3. The first-order chi connectivity index (χ1) is 6.65. The molecule has 1 N–H and O–H groups in total. The van der Waals surface area contributed by atoms with E-state index in [4.69, 9.17) is 0 Å². The van der Waals surface area contributed by atoms with Gasteiger partial charge >= 0.3 is 32.7 Å². The van der Waals surface area contributed by atoms with E-state index in [2.05, 4.69) is 37.2 Å². The minimum Gasteiger partial charge on any atom is -0.538 e. The fraction of sp³-hybridized carbons (Fsp3) is 0.167. The molecule has 0 saturated carbocycles. The van der Waals surface area contributed by atoms with Gasteiger partial charge in [0.15, 0.2) is 0 Å². The topological polar surface area (TPSA) is 32.6 Å². The van der Waals surface area contributed by atoms with Crippen LogP contribution in [0.3, 0.4) is 0 Å². The maximum absolute atomic E-state index is 9.60. The van der Waals surface area contributed by atoms with Crippen molar-refractivity contribution in [3.05, 3.63) is 54.8 Å². The van der Waals surface area contributed by atoms with E-state index in [0.29, 0.717) is 24.1 Å². The zero-order valence-corrected chi connectivity index (χ0v) is 11.4. The molecule has 0 saturated heterocycles. The number of hydrogen-bond donors (Lipinski definition) is 1. The molecule has 0 aromatic rings. The van der Waals surface area contributed by atoms with Gasteiger partial charge in [-0.3, -0.25) is 6.58 Å². The van der Waals surface area contributed by atoms with Crippen molar-refractivity contribution in [1.82, 2.24) is 0 Å². The van der Waals surface area contributed by atoms with Crippen LogP contribution >= 0.6 is 0 Å². The molecule has 1 aliphatic rings. The van der Waals surface area contributed by atoms with Gasteiger partial charge in [-0.2, -0.15) is 24.1 Å². The summed E-state index contributed by atoms with van der Waals surface area (Å²) < 4.78 is 0. The van der Waals surface area contributed by atoms with Crippen LogP contribution in [-0.4, -0.2) is 11.3 Å². The fourth-order valence-corrected chi connectivity index (χ4v) is 1.09. The molecule has 0 aromatic carbocycles. The zero-order valence-electron chi connectivity index (χ0n) is 8.58. The Bertz CT molecular complexity index is 351. The molecule has 0 aliphatic carbocycles. The minimum absolute atomic E-state index is 0. The van der Waals surface area contributed by atoms with Crippen LogP contribution in [0.25, 0.3) is 0 Å². The van der Waals surface area contributed by atoms with Gasteiger partial charge in [0, 0.05) is 5.76 Å². The van der Waals surface area contributed by atoms with Crippen molar-refractivity contribution in [1.29, 1.82) is 0 Å². The summed E-state index contributed by atoms with van der Waals surface area (Å²) in [6, 6.07) is 0. The average Bonchev–Trinajstić information content (AvgIpc) is 2.51. The number of rotatable bonds is 4. The number of nitrogens with zero attached hydrogens (tertiary/aromatic N) is 1. The molecule has 0 bridgehead atoms. The van der Waals surface area contributed by atoms with Gasteiger partial charge in [-0.15, -0.1) is 6.08 Å². The Labute approximate surface area is 116 Å². The van der Waals surface area contributed by atoms with E-state index in [0.717, 1.165) is 5.57 Å². The molecule has 0 amide bonds. The second kappa shape index (κ2) is 6.81. The summed E-state index contributed by atoms with van der Waals surface area (Å²) in [5.74, 6) is -0.0102. The molecule has 1 rings (SSSR count). The van der Waals surface area contributed by atoms with E-state index in [1.807, 2.05) is 0 Å². The summed E-state index contributed by atoms with van der Waals surface area (Å²) in [6.45, 7) is 10.9. The SMILES string of the molecule is C=[C-]CC(=C)[C-]=C(O)C1=C([CH2-])CC=N1.[Y+3]. The molecule has 0 atom stereocenters. The first-order valence-electron chi connectivity index (χ1n) is 4.23. The summed E-state index contributed by atoms with van der Waals surface area (Å²) in [6.07, 6.45) is 8.25. The third-order valence-corrected chi connectivity index (χ3v) is 1.75. The van der Waals surface area contributed by atoms with Gasteiger partial charge in [-0.05, 0) is 12.6 Å². The second-order valence-corrected chi connectivity index (χ2v) is 2.97. The summed E-state index contributed by atoms with van der Waals surface area (Å²) in [4.78, 5) is 4.00. The van der Waals surface area contributed by atoms with Crippen LogP contribution in [0.4, 0.5) is 0 Å². The van der Waals surface area contributed by atoms with E-state index in [-0.39, 0.29) is 38.5 Å². The minimum atomic E-state index is -0.0102. The van der Waals surface area contributed by atoms with Crippen LogP contribution in [0.1, 0.15) is 12.8 Å². The van der Waals surface area contributed by atoms with Crippen molar-refractivity contribution < 1.29 is 37.8 Å². The van der Waals surface area contributed by atoms with Crippen LogP contribution in [0, 0.1) is 19.1 Å². The van der Waals surface area contributed by atoms with Gasteiger partial charge in [0.05, 0.1) is 0 Å². The largest absolute Gasteiger partial charge is 3.00 e. The van der Waals surface area contributed by atoms with Gasteiger partial charge in [0.2, 0.25) is 0 Å². The van der Waals surface area contributed by atoms with Gasteiger partial charge in [-0.25, -0.2) is 6.92 Å². The van der Waals surface area contributed by atoms with Crippen LogP contribution in [0.15, 0.2) is 40.8 Å². The molecule has 2 nitrogen and oxygen atoms in total. The summed E-state index contributed by atoms with van der Waals surface area (Å²) in [5.41, 5.74) is 1.92. The maximum Gasteiger partial charge on any atom is 3.00 e. The molecule has 1 heterocycles. The number of hydrogen-bond acceptors (Lipinski definition) is 2. The summed E-state index contributed by atoms with van der Waals surface area (Å²) in [5, 5.41) is 9.60. The molecule has 15 heavy (non-hydrogen) atoms. The molecular weight excluding hydrogens is 263 g/mol. The zero-order chi connectivity index (χ0) is 10.6. The average molecular weight is 275 g/mol. The van der Waals surface area contributed by atoms with E-state index in [1.54, 1.807) is 6.21 Å². The van der Waals surface area contributed by atoms with Crippen molar-refractivity contribution in [2.75, 3.05) is 0 Å². The third kappa shape index (κ3) is 4.19. The van der Waals surface area contributed by atoms with Crippen molar-refractivity contribution in [3.8, 4) is 0 Å². The fourth-order valence-electron chi connectivity index (χ4n) is 1.09. The van der Waals surface area contributed by atoms with Gasteiger partial charge < -0.3 is 16.2 Å². The van der Waals surface area contributed by atoms with Gasteiger partial charge in [-0.1, -0.05) is 5.70 Å². The van der Waals surface area contributed by atoms with Crippen molar-refractivity contribution >= 4 is 6.21 Å². The Morgan fingerprint density at radius 3 is 2.80 bits per heavy atom. The molecular formula is C12H12NOY. The van der Waals surface area contributed by atoms with Gasteiger partial charge in [0.25, 0.3) is 0 Å². The van der Waals surface area contributed by atoms with Crippen LogP contribution < -0.4 is 0 Å². The van der Waals surface area contributed by atoms with Crippen molar-refractivity contribution in [3.63, 3.8) is 0 Å². The maximum atomic E-state index is 9.60.